The molecule has 0 saturated carbocycles. The largest absolute Gasteiger partial charge is 0.344 e. The molecule has 1 radical (unpaired) electrons. The van der Waals surface area contributed by atoms with Gasteiger partial charge in [-0.1, -0.05) is 17.7 Å². The lowest BCUT2D eigenvalue weighted by molar-refractivity contribution is 0.0959. The fourth-order valence-corrected chi connectivity index (χ4v) is 0.923. The van der Waals surface area contributed by atoms with Crippen LogP contribution in [0.1, 0.15) is 15.9 Å². The molecular formula is C10H10NO2. The molecule has 1 aromatic rings. The van der Waals surface area contributed by atoms with Crippen molar-refractivity contribution >= 4 is 12.2 Å². The maximum absolute atomic E-state index is 11.2. The van der Waals surface area contributed by atoms with Gasteiger partial charge < -0.3 is 5.32 Å². The van der Waals surface area contributed by atoms with Crippen molar-refractivity contribution in [3.63, 3.8) is 0 Å². The third-order valence-electron chi connectivity index (χ3n) is 1.63. The topological polar surface area (TPSA) is 46.2 Å². The molecular weight excluding hydrogens is 166 g/mol. The van der Waals surface area contributed by atoms with Crippen LogP contribution in [0.4, 0.5) is 0 Å². The van der Waals surface area contributed by atoms with Gasteiger partial charge in [0.25, 0.3) is 5.91 Å². The third-order valence-corrected chi connectivity index (χ3v) is 1.63. The third kappa shape index (κ3) is 2.71. The summed E-state index contributed by atoms with van der Waals surface area (Å²) >= 11 is 0. The monoisotopic (exact) mass is 176 g/mol. The molecule has 1 N–H and O–H groups in total. The van der Waals surface area contributed by atoms with E-state index in [1.54, 1.807) is 18.4 Å². The zero-order valence-electron chi connectivity index (χ0n) is 7.33. The minimum Gasteiger partial charge on any atom is -0.344 e. The SMILES string of the molecule is Cc1ccc(C(=O)NC[C]=O)cc1. The average molecular weight is 176 g/mol. The second-order valence-electron chi connectivity index (χ2n) is 2.69. The first-order chi connectivity index (χ1) is 6.24. The van der Waals surface area contributed by atoms with Crippen LogP contribution in [0.15, 0.2) is 24.3 Å². The zero-order valence-corrected chi connectivity index (χ0v) is 7.33. The molecule has 0 unspecified atom stereocenters. The van der Waals surface area contributed by atoms with Crippen molar-refractivity contribution in [3.05, 3.63) is 35.4 Å². The standard InChI is InChI=1S/C10H10NO2/c1-8-2-4-9(5-3-8)10(13)11-6-7-12/h2-5H,6H2,1H3,(H,11,13). The number of amides is 1. The van der Waals surface area contributed by atoms with E-state index in [1.807, 2.05) is 19.1 Å². The number of benzene rings is 1. The van der Waals surface area contributed by atoms with Crippen LogP contribution in [-0.2, 0) is 4.79 Å². The molecule has 0 aliphatic heterocycles. The second kappa shape index (κ2) is 4.40. The van der Waals surface area contributed by atoms with Crippen LogP contribution in [0.3, 0.4) is 0 Å². The first kappa shape index (κ1) is 9.45. The van der Waals surface area contributed by atoms with Gasteiger partial charge in [-0.15, -0.1) is 0 Å². The van der Waals surface area contributed by atoms with Gasteiger partial charge in [0, 0.05) is 5.56 Å². The molecule has 0 aliphatic rings. The molecule has 0 bridgehead atoms. The number of hydrogen-bond acceptors (Lipinski definition) is 2. The summed E-state index contributed by atoms with van der Waals surface area (Å²) in [5.74, 6) is -0.247. The minimum atomic E-state index is -0.247. The molecule has 0 saturated heterocycles. The number of rotatable bonds is 3. The quantitative estimate of drug-likeness (QED) is 0.741. The molecule has 0 spiro atoms. The Kier molecular flexibility index (Phi) is 3.20. The molecule has 3 heteroatoms. The molecule has 1 amide bonds. The van der Waals surface area contributed by atoms with E-state index >= 15 is 0 Å². The average Bonchev–Trinajstić information content (AvgIpc) is 2.15. The van der Waals surface area contributed by atoms with Crippen LogP contribution in [0.5, 0.6) is 0 Å². The summed E-state index contributed by atoms with van der Waals surface area (Å²) in [6.45, 7) is 1.88. The lowest BCUT2D eigenvalue weighted by Gasteiger charge is -2.00. The fraction of sp³-hybridized carbons (Fsp3) is 0.200. The fourth-order valence-electron chi connectivity index (χ4n) is 0.923. The predicted octanol–water partition coefficient (Wildman–Crippen LogP) is 0.835. The zero-order chi connectivity index (χ0) is 9.68. The Bertz CT molecular complexity index is 303. The minimum absolute atomic E-state index is 0.0628. The first-order valence-corrected chi connectivity index (χ1v) is 3.94. The molecule has 1 rings (SSSR count). The molecule has 0 heterocycles. The number of carbonyl (C=O) groups excluding carboxylic acids is 2. The Hall–Kier alpha value is -1.64. The highest BCUT2D eigenvalue weighted by molar-refractivity contribution is 5.95. The van der Waals surface area contributed by atoms with E-state index in [1.165, 1.54) is 0 Å². The summed E-state index contributed by atoms with van der Waals surface area (Å²) in [5, 5.41) is 2.41. The maximum Gasteiger partial charge on any atom is 0.251 e. The Labute approximate surface area is 76.8 Å². The van der Waals surface area contributed by atoms with E-state index in [9.17, 15) is 9.59 Å². The molecule has 0 atom stereocenters. The summed E-state index contributed by atoms with van der Waals surface area (Å²) in [5.41, 5.74) is 1.65. The van der Waals surface area contributed by atoms with Crippen molar-refractivity contribution in [3.8, 4) is 0 Å². The molecule has 3 nitrogen and oxygen atoms in total. The molecule has 67 valence electrons. The molecule has 1 aromatic carbocycles. The molecule has 0 aliphatic carbocycles. The van der Waals surface area contributed by atoms with Gasteiger partial charge in [0.15, 0.2) is 0 Å². The van der Waals surface area contributed by atoms with E-state index in [2.05, 4.69) is 5.32 Å². The summed E-state index contributed by atoms with van der Waals surface area (Å²) in [4.78, 5) is 21.1. The van der Waals surface area contributed by atoms with Crippen LogP contribution < -0.4 is 5.32 Å². The van der Waals surface area contributed by atoms with Gasteiger partial charge in [-0.2, -0.15) is 0 Å². The Balaban J connectivity index is 2.66. The van der Waals surface area contributed by atoms with E-state index in [0.717, 1.165) is 5.56 Å². The van der Waals surface area contributed by atoms with Gasteiger partial charge >= 0.3 is 0 Å². The number of hydrogen-bond donors (Lipinski definition) is 1. The number of carbonyl (C=O) groups is 1. The van der Waals surface area contributed by atoms with E-state index in [-0.39, 0.29) is 12.5 Å². The van der Waals surface area contributed by atoms with Crippen molar-refractivity contribution in [2.45, 2.75) is 6.92 Å². The Morgan fingerprint density at radius 2 is 2.00 bits per heavy atom. The van der Waals surface area contributed by atoms with Gasteiger partial charge in [0.1, 0.15) is 0 Å². The van der Waals surface area contributed by atoms with Gasteiger partial charge in [-0.3, -0.25) is 9.59 Å². The first-order valence-electron chi connectivity index (χ1n) is 3.94. The summed E-state index contributed by atoms with van der Waals surface area (Å²) < 4.78 is 0. The van der Waals surface area contributed by atoms with Gasteiger partial charge in [0.05, 0.1) is 6.54 Å². The predicted molar refractivity (Wildman–Crippen MR) is 49.2 cm³/mol. The highest BCUT2D eigenvalue weighted by Gasteiger charge is 2.02. The molecule has 0 aromatic heterocycles. The van der Waals surface area contributed by atoms with Crippen LogP contribution in [0.2, 0.25) is 0 Å². The number of aryl methyl sites for hydroxylation is 1. The van der Waals surface area contributed by atoms with Crippen LogP contribution >= 0.6 is 0 Å². The maximum atomic E-state index is 11.2. The molecule has 0 fully saturated rings. The second-order valence-corrected chi connectivity index (χ2v) is 2.69. The van der Waals surface area contributed by atoms with Crippen molar-refractivity contribution in [1.29, 1.82) is 0 Å². The van der Waals surface area contributed by atoms with Gasteiger partial charge in [-0.05, 0) is 19.1 Å². The Morgan fingerprint density at radius 3 is 2.54 bits per heavy atom. The van der Waals surface area contributed by atoms with E-state index in [0.29, 0.717) is 5.56 Å². The summed E-state index contributed by atoms with van der Waals surface area (Å²) in [7, 11) is 0. The van der Waals surface area contributed by atoms with Crippen molar-refractivity contribution < 1.29 is 9.59 Å². The molecule has 13 heavy (non-hydrogen) atoms. The van der Waals surface area contributed by atoms with Crippen molar-refractivity contribution in [2.24, 2.45) is 0 Å². The van der Waals surface area contributed by atoms with Crippen LogP contribution in [0, 0.1) is 6.92 Å². The van der Waals surface area contributed by atoms with Crippen LogP contribution in [0.25, 0.3) is 0 Å². The highest BCUT2D eigenvalue weighted by atomic mass is 16.2. The normalized spacial score (nSPS) is 9.31. The van der Waals surface area contributed by atoms with E-state index < -0.39 is 0 Å². The summed E-state index contributed by atoms with van der Waals surface area (Å²) in [6.07, 6.45) is 1.60. The van der Waals surface area contributed by atoms with Gasteiger partial charge in [-0.25, -0.2) is 0 Å². The van der Waals surface area contributed by atoms with Gasteiger partial charge in [0.2, 0.25) is 6.29 Å². The lowest BCUT2D eigenvalue weighted by Crippen LogP contribution is -2.24. The number of nitrogens with one attached hydrogen (secondary N) is 1. The highest BCUT2D eigenvalue weighted by Crippen LogP contribution is 2.02. The van der Waals surface area contributed by atoms with Crippen molar-refractivity contribution in [1.82, 2.24) is 5.32 Å². The summed E-state index contributed by atoms with van der Waals surface area (Å²) in [6, 6.07) is 7.13. The lowest BCUT2D eigenvalue weighted by atomic mass is 10.1. The smallest absolute Gasteiger partial charge is 0.251 e. The Morgan fingerprint density at radius 1 is 1.38 bits per heavy atom. The van der Waals surface area contributed by atoms with E-state index in [4.69, 9.17) is 0 Å². The van der Waals surface area contributed by atoms with Crippen LogP contribution in [-0.4, -0.2) is 18.7 Å². The van der Waals surface area contributed by atoms with Crippen molar-refractivity contribution in [2.75, 3.05) is 6.54 Å².